The van der Waals surface area contributed by atoms with Crippen LogP contribution in [0, 0.1) is 6.92 Å². The summed E-state index contributed by atoms with van der Waals surface area (Å²) in [5.74, 6) is -0.957. The highest BCUT2D eigenvalue weighted by atomic mass is 35.5. The van der Waals surface area contributed by atoms with Gasteiger partial charge in [0.15, 0.2) is 5.94 Å². The quantitative estimate of drug-likeness (QED) is 0.766. The van der Waals surface area contributed by atoms with E-state index in [0.29, 0.717) is 5.02 Å². The second-order valence-corrected chi connectivity index (χ2v) is 8.56. The maximum atomic E-state index is 12.1. The standard InChI is InChI=1S/C14H13ClO5S2/c1-11-2-6-13(7-3-11)21(16,17)10-20-22(18,19)14-8-4-12(15)5-9-14/h2-9H,10H2,1H3. The third-order valence-corrected chi connectivity index (χ3v) is 5.94. The number of hydrogen-bond acceptors (Lipinski definition) is 5. The second kappa shape index (κ2) is 6.37. The fourth-order valence-electron chi connectivity index (χ4n) is 1.61. The molecular formula is C14H13ClO5S2. The number of rotatable bonds is 5. The van der Waals surface area contributed by atoms with E-state index in [1.54, 1.807) is 12.1 Å². The number of halogens is 1. The van der Waals surface area contributed by atoms with Crippen molar-refractivity contribution in [3.8, 4) is 0 Å². The maximum Gasteiger partial charge on any atom is 0.297 e. The normalized spacial score (nSPS) is 12.3. The monoisotopic (exact) mass is 360 g/mol. The fraction of sp³-hybridized carbons (Fsp3) is 0.143. The smallest absolute Gasteiger partial charge is 0.250 e. The molecule has 0 bridgehead atoms. The van der Waals surface area contributed by atoms with Crippen LogP contribution in [0.15, 0.2) is 58.3 Å². The van der Waals surface area contributed by atoms with E-state index in [0.717, 1.165) is 5.56 Å². The molecule has 0 atom stereocenters. The van der Waals surface area contributed by atoms with Crippen molar-refractivity contribution in [2.24, 2.45) is 0 Å². The van der Waals surface area contributed by atoms with Crippen LogP contribution in [0.4, 0.5) is 0 Å². The molecule has 0 N–H and O–H groups in total. The van der Waals surface area contributed by atoms with Gasteiger partial charge in [-0.25, -0.2) is 12.6 Å². The molecule has 0 aliphatic carbocycles. The summed E-state index contributed by atoms with van der Waals surface area (Å²) in [6.07, 6.45) is 0. The summed E-state index contributed by atoms with van der Waals surface area (Å²) in [5, 5.41) is 0.367. The molecule has 0 fully saturated rings. The van der Waals surface area contributed by atoms with Gasteiger partial charge in [-0.1, -0.05) is 29.3 Å². The van der Waals surface area contributed by atoms with Crippen LogP contribution in [0.5, 0.6) is 0 Å². The van der Waals surface area contributed by atoms with Gasteiger partial charge in [0.1, 0.15) is 0 Å². The van der Waals surface area contributed by atoms with Gasteiger partial charge in [0, 0.05) is 5.02 Å². The Morgan fingerprint density at radius 2 is 1.36 bits per heavy atom. The highest BCUT2D eigenvalue weighted by molar-refractivity contribution is 7.92. The molecule has 0 spiro atoms. The summed E-state index contributed by atoms with van der Waals surface area (Å²) in [7, 11) is -8.02. The lowest BCUT2D eigenvalue weighted by Gasteiger charge is -2.07. The van der Waals surface area contributed by atoms with Crippen LogP contribution in [0.1, 0.15) is 5.56 Å². The zero-order chi connectivity index (χ0) is 16.4. The van der Waals surface area contributed by atoms with E-state index >= 15 is 0 Å². The molecule has 0 heterocycles. The SMILES string of the molecule is Cc1ccc(S(=O)(=O)COS(=O)(=O)c2ccc(Cl)cc2)cc1. The lowest BCUT2D eigenvalue weighted by molar-refractivity contribution is 0.368. The van der Waals surface area contributed by atoms with Gasteiger partial charge in [-0.3, -0.25) is 0 Å². The molecule has 0 unspecified atom stereocenters. The van der Waals surface area contributed by atoms with Crippen LogP contribution in [0.25, 0.3) is 0 Å². The Hall–Kier alpha value is -1.41. The number of sulfone groups is 1. The van der Waals surface area contributed by atoms with Crippen LogP contribution in [0.3, 0.4) is 0 Å². The third-order valence-electron chi connectivity index (χ3n) is 2.84. The summed E-state index contributed by atoms with van der Waals surface area (Å²) < 4.78 is 52.7. The summed E-state index contributed by atoms with van der Waals surface area (Å²) in [6.45, 7) is 1.82. The van der Waals surface area contributed by atoms with E-state index in [1.807, 2.05) is 6.92 Å². The van der Waals surface area contributed by atoms with Gasteiger partial charge in [-0.2, -0.15) is 8.42 Å². The molecular weight excluding hydrogens is 348 g/mol. The fourth-order valence-corrected chi connectivity index (χ4v) is 4.04. The molecule has 2 aromatic rings. The zero-order valence-corrected chi connectivity index (χ0v) is 14.0. The van der Waals surface area contributed by atoms with Gasteiger partial charge < -0.3 is 0 Å². The molecule has 2 rings (SSSR count). The van der Waals surface area contributed by atoms with Gasteiger partial charge in [0.05, 0.1) is 9.79 Å². The highest BCUT2D eigenvalue weighted by Crippen LogP contribution is 2.18. The molecule has 0 saturated heterocycles. The minimum absolute atomic E-state index is 0.00408. The van der Waals surface area contributed by atoms with Gasteiger partial charge in [-0.05, 0) is 43.3 Å². The Morgan fingerprint density at radius 1 is 0.864 bits per heavy atom. The Labute approximate surface area is 134 Å². The van der Waals surface area contributed by atoms with Crippen molar-refractivity contribution in [3.63, 3.8) is 0 Å². The van der Waals surface area contributed by atoms with Gasteiger partial charge in [0.2, 0.25) is 9.84 Å². The van der Waals surface area contributed by atoms with E-state index < -0.39 is 25.9 Å². The van der Waals surface area contributed by atoms with E-state index in [9.17, 15) is 16.8 Å². The molecule has 22 heavy (non-hydrogen) atoms. The average molecular weight is 361 g/mol. The van der Waals surface area contributed by atoms with Gasteiger partial charge in [0.25, 0.3) is 10.1 Å². The maximum absolute atomic E-state index is 12.1. The van der Waals surface area contributed by atoms with Crippen molar-refractivity contribution in [1.29, 1.82) is 0 Å². The van der Waals surface area contributed by atoms with Crippen molar-refractivity contribution in [3.05, 3.63) is 59.1 Å². The predicted octanol–water partition coefficient (Wildman–Crippen LogP) is 2.79. The van der Waals surface area contributed by atoms with E-state index in [1.165, 1.54) is 36.4 Å². The van der Waals surface area contributed by atoms with Crippen molar-refractivity contribution in [2.45, 2.75) is 16.7 Å². The molecule has 0 amide bonds. The third kappa shape index (κ3) is 4.07. The first kappa shape index (κ1) is 17.0. The molecule has 0 radical (unpaired) electrons. The van der Waals surface area contributed by atoms with Crippen LogP contribution < -0.4 is 0 Å². The van der Waals surface area contributed by atoms with Gasteiger partial charge in [-0.15, -0.1) is 0 Å². The Morgan fingerprint density at radius 3 is 1.91 bits per heavy atom. The average Bonchev–Trinajstić information content (AvgIpc) is 2.46. The first-order valence-corrected chi connectivity index (χ1v) is 9.59. The topological polar surface area (TPSA) is 77.5 Å². The minimum Gasteiger partial charge on any atom is -0.250 e. The number of aryl methyl sites for hydroxylation is 1. The Balaban J connectivity index is 2.17. The highest BCUT2D eigenvalue weighted by Gasteiger charge is 2.21. The summed E-state index contributed by atoms with van der Waals surface area (Å²) in [5.41, 5.74) is 0.897. The molecule has 0 aromatic heterocycles. The molecule has 0 saturated carbocycles. The van der Waals surface area contributed by atoms with Crippen molar-refractivity contribution >= 4 is 31.6 Å². The predicted molar refractivity (Wildman–Crippen MR) is 83.0 cm³/mol. The Bertz CT molecular complexity index is 779. The largest absolute Gasteiger partial charge is 0.297 e. The van der Waals surface area contributed by atoms with Crippen molar-refractivity contribution in [1.82, 2.24) is 0 Å². The van der Waals surface area contributed by atoms with E-state index in [4.69, 9.17) is 11.6 Å². The molecule has 0 aliphatic rings. The van der Waals surface area contributed by atoms with Crippen molar-refractivity contribution in [2.75, 3.05) is 5.94 Å². The summed E-state index contributed by atoms with van der Waals surface area (Å²) in [6, 6.07) is 11.3. The summed E-state index contributed by atoms with van der Waals surface area (Å²) >= 11 is 5.67. The van der Waals surface area contributed by atoms with E-state index in [2.05, 4.69) is 4.18 Å². The first-order valence-electron chi connectivity index (χ1n) is 6.15. The summed E-state index contributed by atoms with van der Waals surface area (Å²) in [4.78, 5) is -0.152. The van der Waals surface area contributed by atoms with Crippen LogP contribution in [-0.4, -0.2) is 22.8 Å². The number of benzene rings is 2. The van der Waals surface area contributed by atoms with E-state index in [-0.39, 0.29) is 9.79 Å². The Kier molecular flexibility index (Phi) is 4.91. The molecule has 5 nitrogen and oxygen atoms in total. The van der Waals surface area contributed by atoms with Crippen LogP contribution in [-0.2, 0) is 24.1 Å². The lowest BCUT2D eigenvalue weighted by atomic mass is 10.2. The lowest BCUT2D eigenvalue weighted by Crippen LogP contribution is -2.15. The van der Waals surface area contributed by atoms with Crippen molar-refractivity contribution < 1.29 is 21.0 Å². The van der Waals surface area contributed by atoms with Crippen LogP contribution >= 0.6 is 11.6 Å². The molecule has 0 aliphatic heterocycles. The molecule has 8 heteroatoms. The van der Waals surface area contributed by atoms with Gasteiger partial charge >= 0.3 is 0 Å². The number of hydrogen-bond donors (Lipinski definition) is 0. The second-order valence-electron chi connectivity index (χ2n) is 4.57. The minimum atomic E-state index is -4.16. The molecule has 2 aromatic carbocycles. The zero-order valence-electron chi connectivity index (χ0n) is 11.6. The molecule has 118 valence electrons. The first-order chi connectivity index (χ1) is 10.2. The van der Waals surface area contributed by atoms with Crippen LogP contribution in [0.2, 0.25) is 5.02 Å².